The summed E-state index contributed by atoms with van der Waals surface area (Å²) in [4.78, 5) is 4.05. The lowest BCUT2D eigenvalue weighted by Crippen LogP contribution is -2.18. The van der Waals surface area contributed by atoms with E-state index in [1.165, 1.54) is 11.1 Å². The van der Waals surface area contributed by atoms with Gasteiger partial charge in [-0.05, 0) is 37.1 Å². The number of nitrogens with one attached hydrogen (secondary N) is 1. The maximum absolute atomic E-state index is 8.95. The summed E-state index contributed by atoms with van der Waals surface area (Å²) in [7, 11) is 0. The average molecular weight is 251 g/mol. The molecule has 0 aliphatic rings. The Hall–Kier alpha value is -2.18. The molecule has 0 aliphatic heterocycles. The molecule has 0 amide bonds. The Bertz CT molecular complexity index is 585. The molecule has 3 nitrogen and oxygen atoms in total. The maximum Gasteiger partial charge on any atom is 0.144 e. The van der Waals surface area contributed by atoms with Crippen molar-refractivity contribution < 1.29 is 0 Å². The number of hydrogen-bond donors (Lipinski definition) is 1. The van der Waals surface area contributed by atoms with E-state index in [-0.39, 0.29) is 0 Å². The van der Waals surface area contributed by atoms with Crippen LogP contribution < -0.4 is 5.32 Å². The summed E-state index contributed by atoms with van der Waals surface area (Å²) >= 11 is 0. The highest BCUT2D eigenvalue weighted by Crippen LogP contribution is 2.07. The van der Waals surface area contributed by atoms with Crippen LogP contribution in [0.2, 0.25) is 0 Å². The van der Waals surface area contributed by atoms with E-state index < -0.39 is 0 Å². The van der Waals surface area contributed by atoms with Gasteiger partial charge in [0.2, 0.25) is 0 Å². The molecule has 0 aliphatic carbocycles. The summed E-state index contributed by atoms with van der Waals surface area (Å²) < 4.78 is 0. The minimum Gasteiger partial charge on any atom is -0.312 e. The molecule has 1 heterocycles. The quantitative estimate of drug-likeness (QED) is 0.831. The fourth-order valence-corrected chi connectivity index (χ4v) is 2.02. The van der Waals surface area contributed by atoms with E-state index in [1.807, 2.05) is 12.1 Å². The molecule has 2 aromatic rings. The van der Waals surface area contributed by atoms with Gasteiger partial charge in [0, 0.05) is 18.3 Å². The molecule has 0 saturated heterocycles. The lowest BCUT2D eigenvalue weighted by atomic mass is 10.1. The number of pyridine rings is 1. The van der Waals surface area contributed by atoms with Crippen molar-refractivity contribution in [1.82, 2.24) is 10.3 Å². The highest BCUT2D eigenvalue weighted by molar-refractivity contribution is 5.30. The maximum atomic E-state index is 8.95. The normalized spacial score (nSPS) is 10.1. The van der Waals surface area contributed by atoms with Crippen LogP contribution in [0.5, 0.6) is 0 Å². The summed E-state index contributed by atoms with van der Waals surface area (Å²) in [6.45, 7) is 3.71. The van der Waals surface area contributed by atoms with Gasteiger partial charge < -0.3 is 5.32 Å². The second kappa shape index (κ2) is 6.67. The molecule has 0 fully saturated rings. The van der Waals surface area contributed by atoms with E-state index in [2.05, 4.69) is 47.6 Å². The molecular formula is C16H17N3. The van der Waals surface area contributed by atoms with Gasteiger partial charge in [-0.3, -0.25) is 0 Å². The minimum absolute atomic E-state index is 0.505. The van der Waals surface area contributed by atoms with E-state index in [0.717, 1.165) is 18.5 Å². The van der Waals surface area contributed by atoms with Gasteiger partial charge in [0.1, 0.15) is 11.8 Å². The summed E-state index contributed by atoms with van der Waals surface area (Å²) in [6, 6.07) is 14.3. The van der Waals surface area contributed by atoms with Crippen molar-refractivity contribution in [2.24, 2.45) is 0 Å². The van der Waals surface area contributed by atoms with E-state index in [0.29, 0.717) is 12.2 Å². The number of hydrogen-bond acceptors (Lipinski definition) is 3. The lowest BCUT2D eigenvalue weighted by molar-refractivity contribution is 0.682. The Morgan fingerprint density at radius 2 is 1.95 bits per heavy atom. The average Bonchev–Trinajstić information content (AvgIpc) is 2.45. The van der Waals surface area contributed by atoms with Crippen LogP contribution in [-0.2, 0) is 13.0 Å². The smallest absolute Gasteiger partial charge is 0.144 e. The molecule has 96 valence electrons. The first-order valence-corrected chi connectivity index (χ1v) is 6.40. The summed E-state index contributed by atoms with van der Waals surface area (Å²) in [5.74, 6) is 0. The van der Waals surface area contributed by atoms with Crippen LogP contribution in [0.1, 0.15) is 22.4 Å². The predicted octanol–water partition coefficient (Wildman–Crippen LogP) is 2.59. The molecule has 0 unspecified atom stereocenters. The predicted molar refractivity (Wildman–Crippen MR) is 75.5 cm³/mol. The fraction of sp³-hybridized carbons (Fsp3) is 0.250. The Balaban J connectivity index is 1.85. The number of aromatic nitrogens is 1. The molecule has 0 spiro atoms. The number of aryl methyl sites for hydroxylation is 1. The number of nitrogens with zero attached hydrogens (tertiary/aromatic N) is 2. The zero-order chi connectivity index (χ0) is 13.5. The molecule has 1 aromatic heterocycles. The molecule has 0 radical (unpaired) electrons. The Kier molecular flexibility index (Phi) is 4.66. The third kappa shape index (κ3) is 3.64. The first-order chi connectivity index (χ1) is 9.31. The van der Waals surface area contributed by atoms with Crippen LogP contribution in [0.25, 0.3) is 0 Å². The Labute approximate surface area is 113 Å². The van der Waals surface area contributed by atoms with Gasteiger partial charge in [0.15, 0.2) is 0 Å². The van der Waals surface area contributed by atoms with Crippen molar-refractivity contribution in [2.45, 2.75) is 19.9 Å². The molecule has 2 rings (SSSR count). The van der Waals surface area contributed by atoms with E-state index in [4.69, 9.17) is 5.26 Å². The van der Waals surface area contributed by atoms with Crippen molar-refractivity contribution in [2.75, 3.05) is 6.54 Å². The zero-order valence-corrected chi connectivity index (χ0v) is 11.1. The molecular weight excluding hydrogens is 234 g/mol. The van der Waals surface area contributed by atoms with Crippen LogP contribution in [0, 0.1) is 18.3 Å². The van der Waals surface area contributed by atoms with E-state index in [1.54, 1.807) is 6.20 Å². The van der Waals surface area contributed by atoms with Crippen molar-refractivity contribution in [3.63, 3.8) is 0 Å². The van der Waals surface area contributed by atoms with Crippen molar-refractivity contribution in [3.05, 3.63) is 65.0 Å². The first kappa shape index (κ1) is 13.3. The van der Waals surface area contributed by atoms with Crippen LogP contribution >= 0.6 is 0 Å². The summed E-state index contributed by atoms with van der Waals surface area (Å²) in [5.41, 5.74) is 4.14. The molecule has 0 bridgehead atoms. The van der Waals surface area contributed by atoms with Crippen molar-refractivity contribution >= 4 is 0 Å². The van der Waals surface area contributed by atoms with Crippen LogP contribution in [-0.4, -0.2) is 11.5 Å². The SMILES string of the molecule is Cc1ccccc1CCNCc1cccnc1C#N. The number of rotatable bonds is 5. The highest BCUT2D eigenvalue weighted by Gasteiger charge is 2.01. The first-order valence-electron chi connectivity index (χ1n) is 6.40. The van der Waals surface area contributed by atoms with Gasteiger partial charge in [0.05, 0.1) is 0 Å². The standard InChI is InChI=1S/C16H17N3/c1-13-5-2-3-6-14(13)8-10-18-12-15-7-4-9-19-16(15)11-17/h2-7,9,18H,8,10,12H2,1H3. The van der Waals surface area contributed by atoms with Crippen molar-refractivity contribution in [3.8, 4) is 6.07 Å². The molecule has 3 heteroatoms. The minimum atomic E-state index is 0.505. The lowest BCUT2D eigenvalue weighted by Gasteiger charge is -2.07. The molecule has 0 saturated carbocycles. The topological polar surface area (TPSA) is 48.7 Å². The Morgan fingerprint density at radius 1 is 1.16 bits per heavy atom. The molecule has 0 atom stereocenters. The highest BCUT2D eigenvalue weighted by atomic mass is 14.9. The molecule has 1 aromatic carbocycles. The fourth-order valence-electron chi connectivity index (χ4n) is 2.02. The van der Waals surface area contributed by atoms with Crippen LogP contribution in [0.15, 0.2) is 42.6 Å². The van der Waals surface area contributed by atoms with Gasteiger partial charge >= 0.3 is 0 Å². The third-order valence-corrected chi connectivity index (χ3v) is 3.14. The summed E-state index contributed by atoms with van der Waals surface area (Å²) in [6.07, 6.45) is 2.64. The van der Waals surface area contributed by atoms with Crippen LogP contribution in [0.4, 0.5) is 0 Å². The second-order valence-corrected chi connectivity index (χ2v) is 4.48. The van der Waals surface area contributed by atoms with Gasteiger partial charge in [-0.1, -0.05) is 30.3 Å². The zero-order valence-electron chi connectivity index (χ0n) is 11.1. The largest absolute Gasteiger partial charge is 0.312 e. The van der Waals surface area contributed by atoms with E-state index >= 15 is 0 Å². The second-order valence-electron chi connectivity index (χ2n) is 4.48. The monoisotopic (exact) mass is 251 g/mol. The summed E-state index contributed by atoms with van der Waals surface area (Å²) in [5, 5.41) is 12.3. The van der Waals surface area contributed by atoms with Gasteiger partial charge in [-0.25, -0.2) is 4.98 Å². The molecule has 1 N–H and O–H groups in total. The van der Waals surface area contributed by atoms with Gasteiger partial charge in [-0.2, -0.15) is 5.26 Å². The van der Waals surface area contributed by atoms with E-state index in [9.17, 15) is 0 Å². The van der Waals surface area contributed by atoms with Gasteiger partial charge in [0.25, 0.3) is 0 Å². The van der Waals surface area contributed by atoms with Gasteiger partial charge in [-0.15, -0.1) is 0 Å². The number of nitriles is 1. The van der Waals surface area contributed by atoms with Crippen LogP contribution in [0.3, 0.4) is 0 Å². The van der Waals surface area contributed by atoms with Crippen molar-refractivity contribution in [1.29, 1.82) is 5.26 Å². The Morgan fingerprint density at radius 3 is 2.74 bits per heavy atom. The third-order valence-electron chi connectivity index (χ3n) is 3.14. The molecule has 19 heavy (non-hydrogen) atoms. The number of benzene rings is 1.